The van der Waals surface area contributed by atoms with Crippen LogP contribution in [0.5, 0.6) is 0 Å². The number of rotatable bonds is 4. The third-order valence-electron chi connectivity index (χ3n) is 2.77. The van der Waals surface area contributed by atoms with Crippen molar-refractivity contribution in [3.05, 3.63) is 0 Å². The molecule has 0 amide bonds. The number of carbonyl (C=O) groups is 1. The Kier molecular flexibility index (Phi) is 4.10. The molecular weight excluding hydrogens is 218 g/mol. The van der Waals surface area contributed by atoms with Crippen LogP contribution in [-0.2, 0) is 14.6 Å². The van der Waals surface area contributed by atoms with Gasteiger partial charge in [0.25, 0.3) is 0 Å². The van der Waals surface area contributed by atoms with E-state index in [1.165, 1.54) is 6.26 Å². The molecule has 0 aliphatic heterocycles. The molecule has 6 heteroatoms. The Morgan fingerprint density at radius 2 is 2.13 bits per heavy atom. The van der Waals surface area contributed by atoms with Crippen LogP contribution in [0.25, 0.3) is 0 Å². The van der Waals surface area contributed by atoms with Crippen molar-refractivity contribution in [2.24, 2.45) is 0 Å². The van der Waals surface area contributed by atoms with Gasteiger partial charge in [-0.2, -0.15) is 0 Å². The normalized spacial score (nSPS) is 27.5. The molecular formula is C9H17NO4S. The molecule has 0 aromatic carbocycles. The molecule has 2 N–H and O–H groups in total. The fraction of sp³-hybridized carbons (Fsp3) is 0.889. The van der Waals surface area contributed by atoms with Gasteiger partial charge >= 0.3 is 5.97 Å². The van der Waals surface area contributed by atoms with E-state index >= 15 is 0 Å². The van der Waals surface area contributed by atoms with Crippen LogP contribution in [0.3, 0.4) is 0 Å². The number of carboxylic acid groups (broad SMARTS) is 1. The van der Waals surface area contributed by atoms with Gasteiger partial charge < -0.3 is 10.4 Å². The topological polar surface area (TPSA) is 83.5 Å². The first-order valence-electron chi connectivity index (χ1n) is 5.03. The minimum Gasteiger partial charge on any atom is -0.480 e. The highest BCUT2D eigenvalue weighted by Crippen LogP contribution is 2.23. The molecule has 5 nitrogen and oxygen atoms in total. The minimum absolute atomic E-state index is 0.0228. The molecule has 0 aromatic rings. The standard InChI is InChI=1S/C9H17NO4S/c1-15(13,14)8-4-2-3-7(5-8)10-6-9(11)12/h7-8,10H,2-6H2,1H3,(H,11,12). The Labute approximate surface area is 89.8 Å². The van der Waals surface area contributed by atoms with Crippen molar-refractivity contribution in [3.8, 4) is 0 Å². The van der Waals surface area contributed by atoms with Gasteiger partial charge in [0.1, 0.15) is 9.84 Å². The fourth-order valence-corrected chi connectivity index (χ4v) is 3.13. The van der Waals surface area contributed by atoms with E-state index in [4.69, 9.17) is 5.11 Å². The first kappa shape index (κ1) is 12.4. The lowest BCUT2D eigenvalue weighted by Gasteiger charge is -2.28. The summed E-state index contributed by atoms with van der Waals surface area (Å²) in [6.07, 6.45) is 4.18. The van der Waals surface area contributed by atoms with E-state index < -0.39 is 15.8 Å². The van der Waals surface area contributed by atoms with E-state index in [0.717, 1.165) is 12.8 Å². The molecule has 0 heterocycles. The molecule has 1 aliphatic carbocycles. The van der Waals surface area contributed by atoms with Crippen molar-refractivity contribution < 1.29 is 18.3 Å². The molecule has 0 saturated heterocycles. The number of aliphatic carboxylic acids is 1. The van der Waals surface area contributed by atoms with Gasteiger partial charge in [-0.25, -0.2) is 8.42 Å². The van der Waals surface area contributed by atoms with Crippen LogP contribution in [0, 0.1) is 0 Å². The van der Waals surface area contributed by atoms with Crippen LogP contribution in [0.1, 0.15) is 25.7 Å². The molecule has 0 spiro atoms. The molecule has 1 fully saturated rings. The Hall–Kier alpha value is -0.620. The van der Waals surface area contributed by atoms with Crippen molar-refractivity contribution >= 4 is 15.8 Å². The van der Waals surface area contributed by atoms with Gasteiger partial charge in [0, 0.05) is 12.3 Å². The summed E-state index contributed by atoms with van der Waals surface area (Å²) >= 11 is 0. The summed E-state index contributed by atoms with van der Waals surface area (Å²) in [5, 5.41) is 11.0. The van der Waals surface area contributed by atoms with Crippen molar-refractivity contribution in [1.29, 1.82) is 0 Å². The highest BCUT2D eigenvalue weighted by molar-refractivity contribution is 7.91. The lowest BCUT2D eigenvalue weighted by Crippen LogP contribution is -2.40. The Morgan fingerprint density at radius 1 is 1.47 bits per heavy atom. The first-order valence-corrected chi connectivity index (χ1v) is 6.99. The molecule has 2 unspecified atom stereocenters. The summed E-state index contributed by atoms with van der Waals surface area (Å²) in [5.41, 5.74) is 0. The van der Waals surface area contributed by atoms with Crippen molar-refractivity contribution in [2.75, 3.05) is 12.8 Å². The maximum absolute atomic E-state index is 11.3. The zero-order valence-electron chi connectivity index (χ0n) is 8.77. The molecule has 0 radical (unpaired) electrons. The number of carboxylic acids is 1. The van der Waals surface area contributed by atoms with Crippen LogP contribution in [0.15, 0.2) is 0 Å². The van der Waals surface area contributed by atoms with Gasteiger partial charge in [0.15, 0.2) is 0 Å². The SMILES string of the molecule is CS(=O)(=O)C1CCCC(NCC(=O)O)C1. The molecule has 15 heavy (non-hydrogen) atoms. The fourth-order valence-electron chi connectivity index (χ4n) is 1.95. The number of nitrogens with one attached hydrogen (secondary N) is 1. The molecule has 88 valence electrons. The third-order valence-corrected chi connectivity index (χ3v) is 4.41. The van der Waals surface area contributed by atoms with E-state index in [1.807, 2.05) is 0 Å². The Morgan fingerprint density at radius 3 is 2.67 bits per heavy atom. The van der Waals surface area contributed by atoms with Gasteiger partial charge in [0.2, 0.25) is 0 Å². The zero-order chi connectivity index (χ0) is 11.5. The lowest BCUT2D eigenvalue weighted by molar-refractivity contribution is -0.136. The monoisotopic (exact) mass is 235 g/mol. The maximum Gasteiger partial charge on any atom is 0.317 e. The second-order valence-electron chi connectivity index (χ2n) is 4.09. The van der Waals surface area contributed by atoms with Crippen LogP contribution in [-0.4, -0.2) is 43.6 Å². The smallest absolute Gasteiger partial charge is 0.317 e. The zero-order valence-corrected chi connectivity index (χ0v) is 9.59. The molecule has 1 rings (SSSR count). The second kappa shape index (κ2) is 4.94. The summed E-state index contributed by atoms with van der Waals surface area (Å²) in [6, 6.07) is 0.0228. The third kappa shape index (κ3) is 4.17. The van der Waals surface area contributed by atoms with Crippen molar-refractivity contribution in [3.63, 3.8) is 0 Å². The maximum atomic E-state index is 11.3. The van der Waals surface area contributed by atoms with Gasteiger partial charge in [-0.1, -0.05) is 6.42 Å². The van der Waals surface area contributed by atoms with Crippen LogP contribution >= 0.6 is 0 Å². The molecule has 1 saturated carbocycles. The van der Waals surface area contributed by atoms with Gasteiger partial charge in [-0.05, 0) is 19.3 Å². The van der Waals surface area contributed by atoms with Crippen molar-refractivity contribution in [2.45, 2.75) is 37.0 Å². The average Bonchev–Trinajstić information content (AvgIpc) is 2.14. The molecule has 0 bridgehead atoms. The number of sulfone groups is 1. The summed E-state index contributed by atoms with van der Waals surface area (Å²) in [4.78, 5) is 10.3. The largest absolute Gasteiger partial charge is 0.480 e. The average molecular weight is 235 g/mol. The quantitative estimate of drug-likeness (QED) is 0.717. The van der Waals surface area contributed by atoms with Crippen molar-refractivity contribution in [1.82, 2.24) is 5.32 Å². The number of hydrogen-bond acceptors (Lipinski definition) is 4. The molecule has 2 atom stereocenters. The predicted molar refractivity (Wildman–Crippen MR) is 56.5 cm³/mol. The van der Waals surface area contributed by atoms with Gasteiger partial charge in [0.05, 0.1) is 11.8 Å². The van der Waals surface area contributed by atoms with E-state index in [-0.39, 0.29) is 17.8 Å². The summed E-state index contributed by atoms with van der Waals surface area (Å²) in [6.45, 7) is -0.0961. The molecule has 1 aliphatic rings. The molecule has 0 aromatic heterocycles. The Balaban J connectivity index is 2.46. The highest BCUT2D eigenvalue weighted by atomic mass is 32.2. The predicted octanol–water partition coefficient (Wildman–Crippen LogP) is 0.0164. The van der Waals surface area contributed by atoms with E-state index in [9.17, 15) is 13.2 Å². The van der Waals surface area contributed by atoms with E-state index in [1.54, 1.807) is 0 Å². The van der Waals surface area contributed by atoms with Gasteiger partial charge in [-0.3, -0.25) is 4.79 Å². The lowest BCUT2D eigenvalue weighted by atomic mass is 9.95. The van der Waals surface area contributed by atoms with Gasteiger partial charge in [-0.15, -0.1) is 0 Å². The van der Waals surface area contributed by atoms with Crippen LogP contribution < -0.4 is 5.32 Å². The van der Waals surface area contributed by atoms with E-state index in [0.29, 0.717) is 12.8 Å². The summed E-state index contributed by atoms with van der Waals surface area (Å²) in [7, 11) is -2.98. The van der Waals surface area contributed by atoms with E-state index in [2.05, 4.69) is 5.32 Å². The Bertz CT molecular complexity index is 325. The van der Waals surface area contributed by atoms with Crippen LogP contribution in [0.2, 0.25) is 0 Å². The summed E-state index contributed by atoms with van der Waals surface area (Å²) < 4.78 is 22.7. The first-order chi connectivity index (χ1) is 6.89. The number of hydrogen-bond donors (Lipinski definition) is 2. The second-order valence-corrected chi connectivity index (χ2v) is 6.42. The highest BCUT2D eigenvalue weighted by Gasteiger charge is 2.28. The summed E-state index contributed by atoms with van der Waals surface area (Å²) in [5.74, 6) is -0.906. The minimum atomic E-state index is -2.98. The van der Waals surface area contributed by atoms with Crippen LogP contribution in [0.4, 0.5) is 0 Å².